The van der Waals surface area contributed by atoms with Crippen LogP contribution in [-0.2, 0) is 36.8 Å². The van der Waals surface area contributed by atoms with Crippen LogP contribution >= 0.6 is 62.0 Å². The van der Waals surface area contributed by atoms with Crippen molar-refractivity contribution in [2.75, 3.05) is 39.8 Å². The highest BCUT2D eigenvalue weighted by atomic mass is 35.5. The zero-order chi connectivity index (χ0) is 41.4. The molecule has 2 aromatic rings. The first-order valence-corrected chi connectivity index (χ1v) is 19.0. The Bertz CT molecular complexity index is 1670. The lowest BCUT2D eigenvalue weighted by molar-refractivity contribution is -0.143. The van der Waals surface area contributed by atoms with Crippen molar-refractivity contribution < 1.29 is 39.3 Å². The van der Waals surface area contributed by atoms with Crippen LogP contribution in [0.2, 0.25) is 0 Å². The first-order valence-electron chi connectivity index (χ1n) is 19.0. The minimum absolute atomic E-state index is 0. The number of rotatable bonds is 18. The topological polar surface area (TPSA) is 327 Å². The normalized spacial score (nSPS) is 17.6. The van der Waals surface area contributed by atoms with Crippen LogP contribution in [0.15, 0.2) is 36.4 Å². The van der Waals surface area contributed by atoms with Gasteiger partial charge in [-0.05, 0) is 78.7 Å². The minimum Gasteiger partial charge on any atom is -0.508 e. The zero-order valence-corrected chi connectivity index (χ0v) is 38.2. The van der Waals surface area contributed by atoms with E-state index in [1.165, 1.54) is 19.2 Å². The molecular weight excluding hydrogens is 902 g/mol. The van der Waals surface area contributed by atoms with E-state index in [4.69, 9.17) is 28.7 Å². The van der Waals surface area contributed by atoms with Gasteiger partial charge in [-0.3, -0.25) is 24.0 Å². The number of aliphatic hydroxyl groups excluding tert-OH is 1. The fourth-order valence-corrected chi connectivity index (χ4v) is 6.42. The highest BCUT2D eigenvalue weighted by Crippen LogP contribution is 2.31. The van der Waals surface area contributed by atoms with Crippen LogP contribution < -0.4 is 49.9 Å². The number of hydrogen-bond acceptors (Lipinski definition) is 13. The summed E-state index contributed by atoms with van der Waals surface area (Å²) in [5, 5.41) is 42.9. The van der Waals surface area contributed by atoms with Gasteiger partial charge in [-0.1, -0.05) is 18.6 Å². The number of aromatic hydroxyl groups is 2. The summed E-state index contributed by atoms with van der Waals surface area (Å²) in [6.07, 6.45) is 0.671. The number of nitrogens with one attached hydrogen (secondary N) is 4. The molecule has 0 saturated heterocycles. The van der Waals surface area contributed by atoms with Gasteiger partial charge in [-0.15, -0.1) is 62.0 Å². The second-order valence-electron chi connectivity index (χ2n) is 14.2. The number of phenols is 2. The second kappa shape index (κ2) is 31.4. The number of hydrogen-bond donors (Lipinski definition) is 12. The van der Waals surface area contributed by atoms with Crippen molar-refractivity contribution in [2.45, 2.75) is 94.1 Å². The van der Waals surface area contributed by atoms with Crippen LogP contribution in [0.25, 0.3) is 11.1 Å². The number of nitrogens with two attached hydrogens (primary N) is 5. The monoisotopic (exact) mass is 964 g/mol. The van der Waals surface area contributed by atoms with Crippen LogP contribution in [0.1, 0.15) is 56.1 Å². The Hall–Kier alpha value is -3.40. The molecule has 23 heteroatoms. The van der Waals surface area contributed by atoms with E-state index >= 15 is 0 Å². The van der Waals surface area contributed by atoms with Gasteiger partial charge in [-0.25, -0.2) is 0 Å². The van der Waals surface area contributed by atoms with Crippen molar-refractivity contribution in [3.63, 3.8) is 0 Å². The number of fused-ring (bicyclic) bond motifs is 5. The van der Waals surface area contributed by atoms with Crippen LogP contribution in [-0.4, -0.2) is 126 Å². The maximum absolute atomic E-state index is 14.3. The van der Waals surface area contributed by atoms with Crippen molar-refractivity contribution in [1.29, 1.82) is 0 Å². The molecule has 0 aliphatic carbocycles. The van der Waals surface area contributed by atoms with Crippen molar-refractivity contribution in [2.24, 2.45) is 28.7 Å². The van der Waals surface area contributed by atoms with Crippen molar-refractivity contribution in [3.05, 3.63) is 47.5 Å². The molecule has 1 aliphatic heterocycles. The number of carbonyl (C=O) groups is 5. The van der Waals surface area contributed by atoms with Crippen LogP contribution in [0.5, 0.6) is 11.5 Å². The standard InChI is InChI=1S/C38H60N10O8.5ClH/c1-48-31(37(55)46-29(6-4-11-39)36(54)45-13-3-2-5-26(42)19-34(52)44-14-12-40)18-25-16-23(8-10-33(25)51)22-7-9-32(50)24(15-22)17-28(43)35(53)47-30(38(48)56)20-27(49)21-41;;;;;/h7-10,15-16,26-31,49-51H,2-6,11-14,17-21,39-43H2,1H3,(H,44,52)(H,45,54)(H,46,55)(H,47,53);5*1H/t26-,27+,28-,29-,30-,31-;;;;;/m0...../s1. The summed E-state index contributed by atoms with van der Waals surface area (Å²) in [4.78, 5) is 68.3. The van der Waals surface area contributed by atoms with E-state index in [1.807, 2.05) is 0 Å². The van der Waals surface area contributed by atoms with Gasteiger partial charge in [0, 0.05) is 65.0 Å². The quantitative estimate of drug-likeness (QED) is 0.0850. The molecule has 2 aromatic carbocycles. The van der Waals surface area contributed by atoms with Crippen molar-refractivity contribution >= 4 is 91.6 Å². The van der Waals surface area contributed by atoms with Gasteiger partial charge in [0.05, 0.1) is 12.1 Å². The van der Waals surface area contributed by atoms with Gasteiger partial charge < -0.3 is 70.2 Å². The number of halogens is 5. The summed E-state index contributed by atoms with van der Waals surface area (Å²) in [7, 11) is 1.35. The summed E-state index contributed by atoms with van der Waals surface area (Å²) in [6, 6.07) is 4.22. The number of phenolic OH excluding ortho intramolecular Hbond substituents is 2. The van der Waals surface area contributed by atoms with Gasteiger partial charge in [0.2, 0.25) is 29.5 Å². The predicted molar refractivity (Wildman–Crippen MR) is 247 cm³/mol. The number of nitrogens with zero attached hydrogens (tertiary/aromatic N) is 1. The van der Waals surface area contributed by atoms with Gasteiger partial charge in [0.1, 0.15) is 29.6 Å². The molecule has 350 valence electrons. The highest BCUT2D eigenvalue weighted by molar-refractivity contribution is 5.95. The van der Waals surface area contributed by atoms with Gasteiger partial charge >= 0.3 is 0 Å². The van der Waals surface area contributed by atoms with E-state index in [9.17, 15) is 39.3 Å². The molecular formula is C38H65Cl5N10O8. The number of benzene rings is 2. The van der Waals surface area contributed by atoms with Crippen molar-refractivity contribution in [3.8, 4) is 22.6 Å². The molecule has 0 fully saturated rings. The molecule has 3 rings (SSSR count). The third kappa shape index (κ3) is 19.7. The molecule has 0 spiro atoms. The lowest BCUT2D eigenvalue weighted by Crippen LogP contribution is -2.59. The fourth-order valence-electron chi connectivity index (χ4n) is 6.42. The average Bonchev–Trinajstić information content (AvgIpc) is 3.17. The summed E-state index contributed by atoms with van der Waals surface area (Å²) in [5.74, 6) is -3.13. The Balaban J connectivity index is -0.00000673. The third-order valence-corrected chi connectivity index (χ3v) is 9.74. The Morgan fingerprint density at radius 1 is 0.836 bits per heavy atom. The van der Waals surface area contributed by atoms with Gasteiger partial charge in [-0.2, -0.15) is 0 Å². The summed E-state index contributed by atoms with van der Waals surface area (Å²) in [5.41, 5.74) is 31.1. The predicted octanol–water partition coefficient (Wildman–Crippen LogP) is -0.376. The maximum atomic E-state index is 14.3. The average molecular weight is 967 g/mol. The lowest BCUT2D eigenvalue weighted by atomic mass is 9.95. The SMILES string of the molecule is CN1C(=O)[C@H](C[C@@H](O)CN)NC(=O)[C@@H](N)Cc2cc(ccc2O)-c2ccc(O)c(c2)C[C@H]1C(=O)N[C@@H](CCCN)C(=O)NCCCC[C@H](N)CC(=O)NCCN.Cl.Cl.Cl.Cl.Cl. The molecule has 61 heavy (non-hydrogen) atoms. The number of carbonyl (C=O) groups excluding carboxylic acids is 5. The molecule has 6 atom stereocenters. The number of amides is 5. The Morgan fingerprint density at radius 2 is 1.43 bits per heavy atom. The first kappa shape index (κ1) is 61.9. The first-order chi connectivity index (χ1) is 26.7. The van der Waals surface area contributed by atoms with E-state index in [0.29, 0.717) is 61.0 Å². The Kier molecular flexibility index (Phi) is 31.9. The molecule has 5 amide bonds. The van der Waals surface area contributed by atoms with E-state index in [1.54, 1.807) is 24.3 Å². The molecule has 1 aliphatic rings. The second-order valence-corrected chi connectivity index (χ2v) is 14.2. The lowest BCUT2D eigenvalue weighted by Gasteiger charge is -2.33. The summed E-state index contributed by atoms with van der Waals surface area (Å²) >= 11 is 0. The largest absolute Gasteiger partial charge is 0.508 e. The van der Waals surface area contributed by atoms with Gasteiger partial charge in [0.15, 0.2) is 0 Å². The van der Waals surface area contributed by atoms with Gasteiger partial charge in [0.25, 0.3) is 0 Å². The Morgan fingerprint density at radius 3 is 1.98 bits per heavy atom. The third-order valence-electron chi connectivity index (χ3n) is 9.74. The molecule has 0 radical (unpaired) electrons. The number of likely N-dealkylation sites (N-methyl/N-ethyl adjacent to an activating group) is 1. The Labute approximate surface area is 388 Å². The summed E-state index contributed by atoms with van der Waals surface area (Å²) < 4.78 is 0. The zero-order valence-electron chi connectivity index (χ0n) is 34.1. The van der Waals surface area contributed by atoms with Crippen LogP contribution in [0.3, 0.4) is 0 Å². The van der Waals surface area contributed by atoms with E-state index in [-0.39, 0.29) is 137 Å². The summed E-state index contributed by atoms with van der Waals surface area (Å²) in [6.45, 7) is 0.993. The molecule has 1 heterocycles. The molecule has 4 bridgehead atoms. The fraction of sp³-hybridized carbons (Fsp3) is 0.553. The number of unbranched alkanes of at least 4 members (excludes halogenated alkanes) is 1. The molecule has 18 nitrogen and oxygen atoms in total. The van der Waals surface area contributed by atoms with Crippen LogP contribution in [0.4, 0.5) is 0 Å². The smallest absolute Gasteiger partial charge is 0.245 e. The minimum atomic E-state index is -1.37. The van der Waals surface area contributed by atoms with Crippen molar-refractivity contribution in [1.82, 2.24) is 26.2 Å². The highest BCUT2D eigenvalue weighted by Gasteiger charge is 2.36. The molecule has 17 N–H and O–H groups in total. The number of aliphatic hydroxyl groups is 1. The van der Waals surface area contributed by atoms with E-state index < -0.39 is 53.9 Å². The molecule has 0 aromatic heterocycles. The maximum Gasteiger partial charge on any atom is 0.245 e. The van der Waals surface area contributed by atoms with E-state index in [2.05, 4.69) is 21.3 Å². The van der Waals surface area contributed by atoms with Crippen LogP contribution in [0, 0.1) is 0 Å². The molecule has 0 unspecified atom stereocenters. The van der Waals surface area contributed by atoms with E-state index in [0.717, 1.165) is 4.90 Å². The molecule has 0 saturated carbocycles.